The average molecular weight is 271 g/mol. The van der Waals surface area contributed by atoms with Crippen LogP contribution in [0.25, 0.3) is 5.69 Å². The number of nitrogens with zero attached hydrogens (tertiary/aromatic N) is 4. The Morgan fingerprint density at radius 3 is 2.65 bits per heavy atom. The van der Waals surface area contributed by atoms with Crippen LogP contribution in [0.1, 0.15) is 20.3 Å². The van der Waals surface area contributed by atoms with E-state index in [0.717, 1.165) is 12.2 Å². The molecule has 3 rings (SSSR count). The fraction of sp³-hybridized carbons (Fsp3) is 0.467. The lowest BCUT2D eigenvalue weighted by Crippen LogP contribution is -2.31. The zero-order valence-electron chi connectivity index (χ0n) is 12.0. The first-order valence-corrected chi connectivity index (χ1v) is 7.18. The van der Waals surface area contributed by atoms with Crippen LogP contribution in [-0.4, -0.2) is 44.8 Å². The predicted octanol–water partition coefficient (Wildman–Crippen LogP) is 2.16. The Bertz CT molecular complexity index is 532. The summed E-state index contributed by atoms with van der Waals surface area (Å²) in [6, 6.07) is 9.52. The van der Waals surface area contributed by atoms with Crippen LogP contribution < -0.4 is 5.32 Å². The van der Waals surface area contributed by atoms with Crippen LogP contribution in [0.3, 0.4) is 0 Å². The van der Waals surface area contributed by atoms with Gasteiger partial charge in [-0.1, -0.05) is 0 Å². The van der Waals surface area contributed by atoms with Gasteiger partial charge in [0.2, 0.25) is 0 Å². The Kier molecular flexibility index (Phi) is 3.69. The summed E-state index contributed by atoms with van der Waals surface area (Å²) in [5, 5.41) is 7.74. The van der Waals surface area contributed by atoms with Crippen molar-refractivity contribution in [2.75, 3.05) is 18.4 Å². The number of anilines is 1. The topological polar surface area (TPSA) is 46.0 Å². The Hall–Kier alpha value is -1.88. The van der Waals surface area contributed by atoms with Gasteiger partial charge in [0.1, 0.15) is 12.7 Å². The van der Waals surface area contributed by atoms with Gasteiger partial charge in [0.15, 0.2) is 0 Å². The molecule has 1 fully saturated rings. The van der Waals surface area contributed by atoms with E-state index in [1.165, 1.54) is 18.7 Å². The van der Waals surface area contributed by atoms with E-state index in [1.807, 2.05) is 0 Å². The molecule has 1 aromatic carbocycles. The van der Waals surface area contributed by atoms with Gasteiger partial charge in [-0.15, -0.1) is 0 Å². The van der Waals surface area contributed by atoms with Gasteiger partial charge in [0, 0.05) is 30.9 Å². The second-order valence-corrected chi connectivity index (χ2v) is 5.61. The number of rotatable bonds is 4. The van der Waals surface area contributed by atoms with E-state index in [-0.39, 0.29) is 0 Å². The van der Waals surface area contributed by atoms with E-state index in [0.29, 0.717) is 12.1 Å². The highest BCUT2D eigenvalue weighted by Crippen LogP contribution is 2.18. The average Bonchev–Trinajstić information content (AvgIpc) is 3.10. The number of hydrogen-bond acceptors (Lipinski definition) is 4. The smallest absolute Gasteiger partial charge is 0.138 e. The highest BCUT2D eigenvalue weighted by Gasteiger charge is 2.23. The number of benzene rings is 1. The van der Waals surface area contributed by atoms with Crippen LogP contribution in [-0.2, 0) is 0 Å². The van der Waals surface area contributed by atoms with Crippen molar-refractivity contribution in [3.8, 4) is 5.69 Å². The molecule has 5 heteroatoms. The van der Waals surface area contributed by atoms with Crippen LogP contribution in [0.15, 0.2) is 36.9 Å². The summed E-state index contributed by atoms with van der Waals surface area (Å²) < 4.78 is 1.76. The molecule has 20 heavy (non-hydrogen) atoms. The normalized spacial score (nSPS) is 19.6. The molecule has 1 aliphatic rings. The first-order valence-electron chi connectivity index (χ1n) is 7.18. The van der Waals surface area contributed by atoms with Gasteiger partial charge < -0.3 is 5.32 Å². The van der Waals surface area contributed by atoms with Gasteiger partial charge in [-0.25, -0.2) is 9.67 Å². The molecule has 0 radical (unpaired) electrons. The van der Waals surface area contributed by atoms with Crippen LogP contribution in [0.4, 0.5) is 5.69 Å². The van der Waals surface area contributed by atoms with E-state index in [2.05, 4.69) is 58.4 Å². The molecule has 0 spiro atoms. The summed E-state index contributed by atoms with van der Waals surface area (Å²) in [5.74, 6) is 0. The SMILES string of the molecule is CC(C)N1CCC(Nc2ccc(-n3cncn3)cc2)C1. The molecule has 5 nitrogen and oxygen atoms in total. The minimum absolute atomic E-state index is 0.551. The van der Waals surface area contributed by atoms with Gasteiger partial charge in [0.05, 0.1) is 5.69 Å². The first-order chi connectivity index (χ1) is 9.72. The molecule has 0 aliphatic carbocycles. The molecule has 1 aliphatic heterocycles. The van der Waals surface area contributed by atoms with Crippen LogP contribution in [0, 0.1) is 0 Å². The molecule has 106 valence electrons. The number of nitrogens with one attached hydrogen (secondary N) is 1. The maximum Gasteiger partial charge on any atom is 0.138 e. The molecule has 1 N–H and O–H groups in total. The summed E-state index contributed by atoms with van der Waals surface area (Å²) >= 11 is 0. The maximum atomic E-state index is 4.13. The third-order valence-electron chi connectivity index (χ3n) is 3.87. The zero-order chi connectivity index (χ0) is 13.9. The highest BCUT2D eigenvalue weighted by atomic mass is 15.3. The zero-order valence-corrected chi connectivity index (χ0v) is 12.0. The van der Waals surface area contributed by atoms with Crippen molar-refractivity contribution in [2.24, 2.45) is 0 Å². The van der Waals surface area contributed by atoms with Crippen molar-refractivity contribution in [1.29, 1.82) is 0 Å². The van der Waals surface area contributed by atoms with Gasteiger partial charge in [0.25, 0.3) is 0 Å². The number of hydrogen-bond donors (Lipinski definition) is 1. The quantitative estimate of drug-likeness (QED) is 0.925. The van der Waals surface area contributed by atoms with Gasteiger partial charge >= 0.3 is 0 Å². The van der Waals surface area contributed by atoms with E-state index in [4.69, 9.17) is 0 Å². The Balaban J connectivity index is 1.62. The molecule has 0 bridgehead atoms. The Morgan fingerprint density at radius 2 is 2.05 bits per heavy atom. The van der Waals surface area contributed by atoms with E-state index in [1.54, 1.807) is 17.3 Å². The largest absolute Gasteiger partial charge is 0.381 e. The van der Waals surface area contributed by atoms with Crippen molar-refractivity contribution in [3.63, 3.8) is 0 Å². The van der Waals surface area contributed by atoms with Crippen LogP contribution in [0.5, 0.6) is 0 Å². The van der Waals surface area contributed by atoms with E-state index in [9.17, 15) is 0 Å². The summed E-state index contributed by atoms with van der Waals surface area (Å²) in [4.78, 5) is 6.47. The molecule has 0 saturated carbocycles. The summed E-state index contributed by atoms with van der Waals surface area (Å²) in [6.45, 7) is 6.83. The summed E-state index contributed by atoms with van der Waals surface area (Å²) in [5.41, 5.74) is 2.20. The molecule has 1 saturated heterocycles. The molecule has 1 aromatic heterocycles. The molecule has 2 heterocycles. The van der Waals surface area contributed by atoms with Crippen molar-refractivity contribution < 1.29 is 0 Å². The molecule has 2 aromatic rings. The van der Waals surface area contributed by atoms with Crippen molar-refractivity contribution in [1.82, 2.24) is 19.7 Å². The summed E-state index contributed by atoms with van der Waals surface area (Å²) in [7, 11) is 0. The molecule has 1 atom stereocenters. The number of aromatic nitrogens is 3. The highest BCUT2D eigenvalue weighted by molar-refractivity contribution is 5.49. The van der Waals surface area contributed by atoms with E-state index < -0.39 is 0 Å². The Labute approximate surface area is 119 Å². The second kappa shape index (κ2) is 5.63. The third-order valence-corrected chi connectivity index (χ3v) is 3.87. The van der Waals surface area contributed by atoms with Crippen LogP contribution >= 0.6 is 0 Å². The summed E-state index contributed by atoms with van der Waals surface area (Å²) in [6.07, 6.45) is 4.47. The lowest BCUT2D eigenvalue weighted by Gasteiger charge is -2.20. The monoisotopic (exact) mass is 271 g/mol. The molecular weight excluding hydrogens is 250 g/mol. The van der Waals surface area contributed by atoms with Crippen molar-refractivity contribution >= 4 is 5.69 Å². The van der Waals surface area contributed by atoms with Gasteiger partial charge in [-0.2, -0.15) is 5.10 Å². The van der Waals surface area contributed by atoms with Gasteiger partial charge in [-0.05, 0) is 44.5 Å². The lowest BCUT2D eigenvalue weighted by molar-refractivity contribution is 0.274. The van der Waals surface area contributed by atoms with Crippen LogP contribution in [0.2, 0.25) is 0 Å². The fourth-order valence-corrected chi connectivity index (χ4v) is 2.66. The molecular formula is C15H21N5. The third kappa shape index (κ3) is 2.82. The fourth-order valence-electron chi connectivity index (χ4n) is 2.66. The van der Waals surface area contributed by atoms with E-state index >= 15 is 0 Å². The second-order valence-electron chi connectivity index (χ2n) is 5.61. The lowest BCUT2D eigenvalue weighted by atomic mass is 10.2. The minimum atomic E-state index is 0.551. The van der Waals surface area contributed by atoms with Crippen molar-refractivity contribution in [2.45, 2.75) is 32.4 Å². The Morgan fingerprint density at radius 1 is 1.25 bits per heavy atom. The maximum absolute atomic E-state index is 4.13. The first kappa shape index (κ1) is 13.1. The number of likely N-dealkylation sites (tertiary alicyclic amines) is 1. The standard InChI is InChI=1S/C15H21N5/c1-12(2)19-8-7-14(9-19)18-13-3-5-15(6-4-13)20-11-16-10-17-20/h3-6,10-12,14,18H,7-9H2,1-2H3. The van der Waals surface area contributed by atoms with Gasteiger partial charge in [-0.3, -0.25) is 4.90 Å². The minimum Gasteiger partial charge on any atom is -0.381 e. The predicted molar refractivity (Wildman–Crippen MR) is 80.1 cm³/mol. The van der Waals surface area contributed by atoms with Crippen molar-refractivity contribution in [3.05, 3.63) is 36.9 Å². The molecule has 0 amide bonds. The molecule has 1 unspecified atom stereocenters.